The number of likely N-dealkylation sites (tertiary alicyclic amines) is 1. The Balaban J connectivity index is 1.57. The van der Waals surface area contributed by atoms with Crippen molar-refractivity contribution in [1.82, 2.24) is 9.88 Å². The summed E-state index contributed by atoms with van der Waals surface area (Å²) >= 11 is 4.01. The lowest BCUT2D eigenvalue weighted by molar-refractivity contribution is -0.0146. The van der Waals surface area contributed by atoms with Crippen LogP contribution in [0.15, 0.2) is 18.3 Å². The molecule has 4 heterocycles. The van der Waals surface area contributed by atoms with Crippen molar-refractivity contribution in [3.8, 4) is 5.88 Å². The lowest BCUT2D eigenvalue weighted by Gasteiger charge is -2.49. The number of thioether (sulfide) groups is 2. The molecule has 2 fully saturated rings. The number of fused-ring (bicyclic) bond motifs is 3. The number of pyridine rings is 1. The molecule has 2 saturated heterocycles. The maximum absolute atomic E-state index is 12.4. The van der Waals surface area contributed by atoms with Gasteiger partial charge < -0.3 is 14.4 Å². The molecule has 4 rings (SSSR count). The van der Waals surface area contributed by atoms with Crippen LogP contribution in [-0.4, -0.2) is 51.8 Å². The molecular formula is C19H26N2O3S2. The fourth-order valence-electron chi connectivity index (χ4n) is 3.98. The molecule has 2 spiro atoms. The Bertz CT molecular complexity index is 690. The largest absolute Gasteiger partial charge is 0.468 e. The van der Waals surface area contributed by atoms with E-state index in [4.69, 9.17) is 9.47 Å². The predicted octanol–water partition coefficient (Wildman–Crippen LogP) is 4.27. The van der Waals surface area contributed by atoms with Gasteiger partial charge in [0, 0.05) is 37.7 Å². The van der Waals surface area contributed by atoms with E-state index in [0.717, 1.165) is 30.2 Å². The second kappa shape index (κ2) is 6.51. The summed E-state index contributed by atoms with van der Waals surface area (Å²) in [7, 11) is 0. The van der Waals surface area contributed by atoms with Crippen LogP contribution in [0.2, 0.25) is 0 Å². The van der Waals surface area contributed by atoms with Crippen LogP contribution in [0.4, 0.5) is 4.79 Å². The zero-order valence-electron chi connectivity index (χ0n) is 15.6. The van der Waals surface area contributed by atoms with Gasteiger partial charge in [0.25, 0.3) is 0 Å². The van der Waals surface area contributed by atoms with Crippen molar-refractivity contribution in [2.45, 2.75) is 55.3 Å². The Hall–Kier alpha value is -1.08. The minimum atomic E-state index is -0.466. The lowest BCUT2D eigenvalue weighted by atomic mass is 9.86. The van der Waals surface area contributed by atoms with Gasteiger partial charge in [0.2, 0.25) is 5.88 Å². The third kappa shape index (κ3) is 2.97. The number of aromatic nitrogens is 1. The molecule has 1 aromatic heterocycles. The zero-order valence-corrected chi connectivity index (χ0v) is 17.3. The van der Waals surface area contributed by atoms with Gasteiger partial charge in [-0.1, -0.05) is 0 Å². The van der Waals surface area contributed by atoms with Gasteiger partial charge in [0.15, 0.2) is 0 Å². The average molecular weight is 395 g/mol. The van der Waals surface area contributed by atoms with E-state index in [1.165, 1.54) is 12.0 Å². The average Bonchev–Trinajstić information content (AvgIpc) is 2.85. The topological polar surface area (TPSA) is 51.7 Å². The van der Waals surface area contributed by atoms with Crippen LogP contribution in [0.25, 0.3) is 0 Å². The molecule has 0 bridgehead atoms. The molecule has 0 atom stereocenters. The third-order valence-corrected chi connectivity index (χ3v) is 8.83. The maximum atomic E-state index is 12.4. The first-order valence-corrected chi connectivity index (χ1v) is 11.2. The Kier molecular flexibility index (Phi) is 4.58. The second-order valence-corrected chi connectivity index (χ2v) is 11.0. The van der Waals surface area contributed by atoms with Crippen LogP contribution < -0.4 is 4.74 Å². The normalized spacial score (nSPS) is 23.6. The van der Waals surface area contributed by atoms with Crippen LogP contribution in [-0.2, 0) is 8.82 Å². The van der Waals surface area contributed by atoms with Crippen molar-refractivity contribution >= 4 is 29.6 Å². The Morgan fingerprint density at radius 3 is 2.62 bits per heavy atom. The summed E-state index contributed by atoms with van der Waals surface area (Å²) in [4.78, 5) is 18.8. The molecule has 0 N–H and O–H groups in total. The summed E-state index contributed by atoms with van der Waals surface area (Å²) in [5.41, 5.74) is 0.463. The van der Waals surface area contributed by atoms with E-state index >= 15 is 0 Å². The molecule has 3 aliphatic rings. The summed E-state index contributed by atoms with van der Waals surface area (Å²) in [6, 6.07) is 4.18. The first-order chi connectivity index (χ1) is 12.4. The molecule has 0 unspecified atom stereocenters. The smallest absolute Gasteiger partial charge is 0.410 e. The number of carbonyl (C=O) groups excluding carboxylic acids is 1. The number of hydrogen-bond donors (Lipinski definition) is 0. The van der Waals surface area contributed by atoms with Crippen molar-refractivity contribution in [3.05, 3.63) is 23.9 Å². The fourth-order valence-corrected chi connectivity index (χ4v) is 7.79. The van der Waals surface area contributed by atoms with Crippen LogP contribution >= 0.6 is 23.5 Å². The van der Waals surface area contributed by atoms with Gasteiger partial charge in [0.05, 0.1) is 0 Å². The number of ether oxygens (including phenoxy) is 2. The fraction of sp³-hybridized carbons (Fsp3) is 0.684. The first kappa shape index (κ1) is 18.3. The van der Waals surface area contributed by atoms with Crippen molar-refractivity contribution in [1.29, 1.82) is 0 Å². The van der Waals surface area contributed by atoms with Crippen LogP contribution in [0.3, 0.4) is 0 Å². The van der Waals surface area contributed by atoms with Gasteiger partial charge in [-0.15, -0.1) is 23.5 Å². The monoisotopic (exact) mass is 394 g/mol. The van der Waals surface area contributed by atoms with Crippen molar-refractivity contribution < 1.29 is 14.3 Å². The molecule has 0 aliphatic carbocycles. The Morgan fingerprint density at radius 2 is 1.96 bits per heavy atom. The van der Waals surface area contributed by atoms with Crippen LogP contribution in [0, 0.1) is 0 Å². The van der Waals surface area contributed by atoms with Gasteiger partial charge in [-0.05, 0) is 50.8 Å². The highest BCUT2D eigenvalue weighted by molar-refractivity contribution is 8.18. The number of hydrogen-bond acceptors (Lipinski definition) is 6. The standard InChI is InChI=1S/C19H26N2O3S2/c1-17(2,3)24-16(22)21-10-7-18(8-11-21)19(25-12-5-13-26-19)14-6-4-9-20-15(14)23-18/h4,6,9H,5,7-8,10-13H2,1-3H3. The van der Waals surface area contributed by atoms with Gasteiger partial charge in [0.1, 0.15) is 15.3 Å². The van der Waals surface area contributed by atoms with E-state index in [-0.39, 0.29) is 15.8 Å². The van der Waals surface area contributed by atoms with E-state index in [9.17, 15) is 4.79 Å². The minimum Gasteiger partial charge on any atom is -0.468 e. The predicted molar refractivity (Wildman–Crippen MR) is 106 cm³/mol. The minimum absolute atomic E-state index is 0.102. The Labute approximate surface area is 163 Å². The number of amides is 1. The van der Waals surface area contributed by atoms with E-state index in [1.807, 2.05) is 55.3 Å². The maximum Gasteiger partial charge on any atom is 0.410 e. The number of piperidine rings is 1. The molecule has 7 heteroatoms. The lowest BCUT2D eigenvalue weighted by Crippen LogP contribution is -2.57. The molecule has 5 nitrogen and oxygen atoms in total. The molecule has 26 heavy (non-hydrogen) atoms. The van der Waals surface area contributed by atoms with Crippen LogP contribution in [0.1, 0.15) is 45.6 Å². The van der Waals surface area contributed by atoms with Crippen molar-refractivity contribution in [2.75, 3.05) is 24.6 Å². The summed E-state index contributed by atoms with van der Waals surface area (Å²) in [5, 5.41) is 0. The van der Waals surface area contributed by atoms with Crippen molar-refractivity contribution in [3.63, 3.8) is 0 Å². The molecule has 3 aliphatic heterocycles. The van der Waals surface area contributed by atoms with Crippen LogP contribution in [0.5, 0.6) is 5.88 Å². The molecule has 1 aromatic rings. The second-order valence-electron chi connectivity index (χ2n) is 8.09. The summed E-state index contributed by atoms with van der Waals surface area (Å²) in [6.07, 6.45) is 4.43. The number of rotatable bonds is 0. The highest BCUT2D eigenvalue weighted by Gasteiger charge is 2.63. The molecule has 1 amide bonds. The summed E-state index contributed by atoms with van der Waals surface area (Å²) in [5.74, 6) is 3.06. The molecule has 0 radical (unpaired) electrons. The van der Waals surface area contributed by atoms with E-state index in [2.05, 4.69) is 11.1 Å². The molecule has 0 saturated carbocycles. The third-order valence-electron chi connectivity index (χ3n) is 5.14. The SMILES string of the molecule is CC(C)(C)OC(=O)N1CCC2(CC1)Oc1ncccc1C21SCCCS1. The highest BCUT2D eigenvalue weighted by atomic mass is 32.2. The van der Waals surface area contributed by atoms with E-state index in [0.29, 0.717) is 13.1 Å². The molecule has 142 valence electrons. The van der Waals surface area contributed by atoms with Crippen molar-refractivity contribution in [2.24, 2.45) is 0 Å². The molecule has 0 aromatic carbocycles. The highest BCUT2D eigenvalue weighted by Crippen LogP contribution is 2.65. The molecular weight excluding hydrogens is 368 g/mol. The van der Waals surface area contributed by atoms with Gasteiger partial charge >= 0.3 is 6.09 Å². The van der Waals surface area contributed by atoms with E-state index < -0.39 is 5.60 Å². The van der Waals surface area contributed by atoms with Gasteiger partial charge in [-0.25, -0.2) is 9.78 Å². The van der Waals surface area contributed by atoms with E-state index in [1.54, 1.807) is 6.20 Å². The zero-order chi connectivity index (χ0) is 18.4. The Morgan fingerprint density at radius 1 is 1.27 bits per heavy atom. The number of carbonyl (C=O) groups is 1. The summed E-state index contributed by atoms with van der Waals surface area (Å²) in [6.45, 7) is 7.03. The van der Waals surface area contributed by atoms with Gasteiger partial charge in [-0.2, -0.15) is 0 Å². The first-order valence-electron chi connectivity index (χ1n) is 9.26. The van der Waals surface area contributed by atoms with Gasteiger partial charge in [-0.3, -0.25) is 0 Å². The number of nitrogens with zero attached hydrogens (tertiary/aromatic N) is 2. The summed E-state index contributed by atoms with van der Waals surface area (Å²) < 4.78 is 12.0. The quantitative estimate of drug-likeness (QED) is 0.655.